The molecule has 0 aliphatic heterocycles. The molecule has 1 aromatic carbocycles. The number of nitrogens with two attached hydrogens (primary N) is 1. The summed E-state index contributed by atoms with van der Waals surface area (Å²) in [5.74, 6) is 0.235. The van der Waals surface area contributed by atoms with E-state index < -0.39 is 5.97 Å². The molecule has 0 unspecified atom stereocenters. The normalized spacial score (nSPS) is 13.5. The maximum absolute atomic E-state index is 12.2. The number of ether oxygens (including phenoxy) is 1. The first-order chi connectivity index (χ1) is 15.0. The van der Waals surface area contributed by atoms with Crippen LogP contribution in [0.25, 0.3) is 10.2 Å². The molecule has 2 heterocycles. The minimum absolute atomic E-state index is 0.0344. The van der Waals surface area contributed by atoms with Gasteiger partial charge in [-0.1, -0.05) is 24.6 Å². The van der Waals surface area contributed by atoms with Crippen LogP contribution in [-0.4, -0.2) is 28.4 Å². The van der Waals surface area contributed by atoms with Crippen LogP contribution in [-0.2, 0) is 29.0 Å². The van der Waals surface area contributed by atoms with E-state index in [2.05, 4.69) is 15.3 Å². The van der Waals surface area contributed by atoms with E-state index in [0.717, 1.165) is 35.0 Å². The number of nitrogens with zero attached hydrogens (tertiary/aromatic N) is 2. The third-order valence-electron chi connectivity index (χ3n) is 5.51. The van der Waals surface area contributed by atoms with E-state index in [1.807, 2.05) is 25.1 Å². The van der Waals surface area contributed by atoms with Crippen LogP contribution >= 0.6 is 11.3 Å². The quantitative estimate of drug-likeness (QED) is 0.449. The molecule has 3 aromatic rings. The van der Waals surface area contributed by atoms with Crippen molar-refractivity contribution in [3.8, 4) is 0 Å². The molecule has 2 aromatic heterocycles. The second-order valence-electron chi connectivity index (χ2n) is 7.75. The van der Waals surface area contributed by atoms with E-state index in [4.69, 9.17) is 10.5 Å². The van der Waals surface area contributed by atoms with Crippen LogP contribution in [0, 0.1) is 6.92 Å². The maximum Gasteiger partial charge on any atom is 0.308 e. The highest BCUT2D eigenvalue weighted by atomic mass is 32.1. The molecule has 0 fully saturated rings. The molecular formula is C23H26N4O3S. The highest BCUT2D eigenvalue weighted by molar-refractivity contribution is 7.19. The highest BCUT2D eigenvalue weighted by Crippen LogP contribution is 2.37. The Hall–Kier alpha value is -3.00. The Balaban J connectivity index is 1.32. The Bertz CT molecular complexity index is 1130. The molecule has 0 spiro atoms. The summed E-state index contributed by atoms with van der Waals surface area (Å²) in [6, 6.07) is 7.31. The zero-order chi connectivity index (χ0) is 21.8. The molecule has 7 nitrogen and oxygen atoms in total. The average Bonchev–Trinajstić information content (AvgIpc) is 2.94. The zero-order valence-corrected chi connectivity index (χ0v) is 18.4. The fourth-order valence-electron chi connectivity index (χ4n) is 3.89. The molecule has 162 valence electrons. The van der Waals surface area contributed by atoms with Gasteiger partial charge < -0.3 is 15.8 Å². The molecule has 8 heteroatoms. The first-order valence-corrected chi connectivity index (χ1v) is 11.4. The van der Waals surface area contributed by atoms with Crippen molar-refractivity contribution in [2.75, 3.05) is 12.3 Å². The Morgan fingerprint density at radius 2 is 1.97 bits per heavy atom. The summed E-state index contributed by atoms with van der Waals surface area (Å²) in [5.41, 5.74) is 9.01. The number of nitrogen functional groups attached to an aromatic ring is 1. The minimum Gasteiger partial charge on any atom is -0.457 e. The summed E-state index contributed by atoms with van der Waals surface area (Å²) in [6.07, 6.45) is 5.75. The van der Waals surface area contributed by atoms with Crippen molar-refractivity contribution < 1.29 is 14.3 Å². The lowest BCUT2D eigenvalue weighted by atomic mass is 10.1. The van der Waals surface area contributed by atoms with Gasteiger partial charge in [-0.2, -0.15) is 0 Å². The number of benzene rings is 1. The number of amides is 1. The summed E-state index contributed by atoms with van der Waals surface area (Å²) in [7, 11) is 0. The van der Waals surface area contributed by atoms with Crippen molar-refractivity contribution in [1.82, 2.24) is 15.3 Å². The number of carbonyl (C=O) groups excluding carboxylic acids is 2. The zero-order valence-electron chi connectivity index (χ0n) is 17.6. The number of aryl methyl sites for hydroxylation is 3. The number of anilines is 1. The van der Waals surface area contributed by atoms with Gasteiger partial charge >= 0.3 is 5.97 Å². The molecule has 1 aliphatic rings. The molecule has 1 amide bonds. The number of nitrogens with one attached hydrogen (secondary N) is 1. The summed E-state index contributed by atoms with van der Waals surface area (Å²) >= 11 is 1.67. The topological polar surface area (TPSA) is 107 Å². The van der Waals surface area contributed by atoms with Gasteiger partial charge in [0.15, 0.2) is 12.4 Å². The molecule has 0 saturated carbocycles. The van der Waals surface area contributed by atoms with E-state index in [1.54, 1.807) is 17.4 Å². The van der Waals surface area contributed by atoms with Gasteiger partial charge in [-0.25, -0.2) is 9.97 Å². The fraction of sp³-hybridized carbons (Fsp3) is 0.391. The van der Waals surface area contributed by atoms with Gasteiger partial charge in [0.2, 0.25) is 0 Å². The number of fused-ring (bicyclic) bond motifs is 3. The van der Waals surface area contributed by atoms with Crippen LogP contribution < -0.4 is 11.1 Å². The maximum atomic E-state index is 12.2. The summed E-state index contributed by atoms with van der Waals surface area (Å²) in [5, 5.41) is 3.71. The lowest BCUT2D eigenvalue weighted by molar-refractivity contribution is -0.145. The van der Waals surface area contributed by atoms with Crippen LogP contribution in [0.15, 0.2) is 24.3 Å². The number of esters is 1. The lowest BCUT2D eigenvalue weighted by Gasteiger charge is -2.08. The molecule has 0 saturated heterocycles. The molecule has 1 aliphatic carbocycles. The van der Waals surface area contributed by atoms with E-state index in [1.165, 1.54) is 23.3 Å². The Morgan fingerprint density at radius 3 is 2.81 bits per heavy atom. The monoisotopic (exact) mass is 438 g/mol. The fourth-order valence-corrected chi connectivity index (χ4v) is 5.18. The third kappa shape index (κ3) is 4.85. The second kappa shape index (κ2) is 9.43. The molecule has 0 radical (unpaired) electrons. The number of thiophene rings is 1. The molecule has 0 atom stereocenters. The van der Waals surface area contributed by atoms with Crippen molar-refractivity contribution in [2.45, 2.75) is 52.1 Å². The Labute approximate surface area is 185 Å². The average molecular weight is 439 g/mol. The number of hydrogen-bond donors (Lipinski definition) is 2. The van der Waals surface area contributed by atoms with E-state index in [9.17, 15) is 9.59 Å². The second-order valence-corrected chi connectivity index (χ2v) is 8.83. The van der Waals surface area contributed by atoms with Gasteiger partial charge in [-0.3, -0.25) is 9.59 Å². The van der Waals surface area contributed by atoms with E-state index >= 15 is 0 Å². The van der Waals surface area contributed by atoms with Gasteiger partial charge in [-0.15, -0.1) is 11.3 Å². The predicted octanol–water partition coefficient (Wildman–Crippen LogP) is 3.71. The summed E-state index contributed by atoms with van der Waals surface area (Å²) < 4.78 is 5.30. The largest absolute Gasteiger partial charge is 0.457 e. The molecular weight excluding hydrogens is 412 g/mol. The Morgan fingerprint density at radius 1 is 1.16 bits per heavy atom. The Kier molecular flexibility index (Phi) is 6.46. The molecule has 0 bridgehead atoms. The van der Waals surface area contributed by atoms with Gasteiger partial charge in [0.1, 0.15) is 10.6 Å². The van der Waals surface area contributed by atoms with E-state index in [0.29, 0.717) is 17.2 Å². The van der Waals surface area contributed by atoms with Gasteiger partial charge in [-0.05, 0) is 49.8 Å². The number of rotatable bonds is 6. The van der Waals surface area contributed by atoms with Crippen molar-refractivity contribution >= 4 is 39.2 Å². The summed E-state index contributed by atoms with van der Waals surface area (Å²) in [6.45, 7) is 2.04. The standard InChI is InChI=1S/C23H26N4O3S/c1-14-7-5-6-8-15(14)22(29)25-12-11-19(28)30-13-18-26-21(24)20-16-9-3-2-4-10-17(16)31-23(20)27-18/h5-8H,2-4,9-13H2,1H3,(H,25,29)(H2,24,26,27). The smallest absolute Gasteiger partial charge is 0.308 e. The van der Waals surface area contributed by atoms with Crippen LogP contribution in [0.5, 0.6) is 0 Å². The van der Waals surface area contributed by atoms with Gasteiger partial charge in [0.05, 0.1) is 11.8 Å². The van der Waals surface area contributed by atoms with Crippen LogP contribution in [0.2, 0.25) is 0 Å². The van der Waals surface area contributed by atoms with Crippen molar-refractivity contribution in [3.05, 3.63) is 51.7 Å². The number of hydrogen-bond acceptors (Lipinski definition) is 7. The highest BCUT2D eigenvalue weighted by Gasteiger charge is 2.19. The minimum atomic E-state index is -0.422. The lowest BCUT2D eigenvalue weighted by Crippen LogP contribution is -2.27. The van der Waals surface area contributed by atoms with Gasteiger partial charge in [0, 0.05) is 17.0 Å². The van der Waals surface area contributed by atoms with Crippen LogP contribution in [0.1, 0.15) is 57.9 Å². The third-order valence-corrected chi connectivity index (χ3v) is 6.69. The molecule has 3 N–H and O–H groups in total. The van der Waals surface area contributed by atoms with Crippen molar-refractivity contribution in [3.63, 3.8) is 0 Å². The van der Waals surface area contributed by atoms with E-state index in [-0.39, 0.29) is 25.5 Å². The predicted molar refractivity (Wildman–Crippen MR) is 121 cm³/mol. The summed E-state index contributed by atoms with van der Waals surface area (Å²) in [4.78, 5) is 35.5. The number of carbonyl (C=O) groups is 2. The SMILES string of the molecule is Cc1ccccc1C(=O)NCCC(=O)OCc1nc(N)c2c3c(sc2n1)CCCCC3. The van der Waals surface area contributed by atoms with Crippen molar-refractivity contribution in [1.29, 1.82) is 0 Å². The van der Waals surface area contributed by atoms with Gasteiger partial charge in [0.25, 0.3) is 5.91 Å². The molecule has 31 heavy (non-hydrogen) atoms. The molecule has 4 rings (SSSR count). The number of aromatic nitrogens is 2. The van der Waals surface area contributed by atoms with Crippen LogP contribution in [0.3, 0.4) is 0 Å². The van der Waals surface area contributed by atoms with Crippen molar-refractivity contribution in [2.24, 2.45) is 0 Å². The first-order valence-electron chi connectivity index (χ1n) is 10.6. The van der Waals surface area contributed by atoms with Crippen LogP contribution in [0.4, 0.5) is 5.82 Å². The first kappa shape index (κ1) is 21.2.